The molecule has 258 valence electrons. The van der Waals surface area contributed by atoms with E-state index < -0.39 is 5.85 Å². The van der Waals surface area contributed by atoms with Crippen LogP contribution in [0.3, 0.4) is 0 Å². The molecule has 3 heterocycles. The van der Waals surface area contributed by atoms with Crippen molar-refractivity contribution in [3.63, 3.8) is 0 Å². The lowest BCUT2D eigenvalue weighted by Crippen LogP contribution is -2.75. The number of para-hydroxylation sites is 1. The lowest BCUT2D eigenvalue weighted by Gasteiger charge is -2.59. The number of carbonyl (C=O) groups is 3. The zero-order chi connectivity index (χ0) is 34.2. The number of anilines is 1. The predicted octanol–water partition coefficient (Wildman–Crippen LogP) is 7.22. The highest BCUT2D eigenvalue weighted by atomic mass is 35.5. The molecule has 2 aromatic carbocycles. The van der Waals surface area contributed by atoms with Crippen LogP contribution in [0.1, 0.15) is 81.6 Å². The number of ether oxygens (including phenoxy) is 2. The van der Waals surface area contributed by atoms with Gasteiger partial charge in [0.2, 0.25) is 5.85 Å². The number of nitrogens with zero attached hydrogens (tertiary/aromatic N) is 3. The second-order valence-electron chi connectivity index (χ2n) is 13.6. The van der Waals surface area contributed by atoms with Crippen molar-refractivity contribution >= 4 is 57.5 Å². The smallest absolute Gasteiger partial charge is 0.308 e. The molecule has 1 N–H and O–H groups in total. The number of aromatic nitrogens is 1. The minimum atomic E-state index is -1.26. The summed E-state index contributed by atoms with van der Waals surface area (Å²) in [5, 5.41) is 4.40. The highest BCUT2D eigenvalue weighted by Crippen LogP contribution is 2.43. The quantitative estimate of drug-likeness (QED) is 0.212. The topological polar surface area (TPSA) is 93.1 Å². The number of carbonyl (C=O) groups excluding carboxylic acids is 3. The maximum Gasteiger partial charge on any atom is 0.308 e. The van der Waals surface area contributed by atoms with Crippen molar-refractivity contribution in [1.82, 2.24) is 14.4 Å². The summed E-state index contributed by atoms with van der Waals surface area (Å²) in [7, 11) is 1.90. The molecule has 1 amide bonds. The first kappa shape index (κ1) is 34.9. The summed E-state index contributed by atoms with van der Waals surface area (Å²) in [6.45, 7) is 8.01. The largest absolute Gasteiger partial charge is 0.466 e. The van der Waals surface area contributed by atoms with Crippen LogP contribution >= 0.6 is 23.2 Å². The molecule has 0 bridgehead atoms. The Morgan fingerprint density at radius 1 is 0.979 bits per heavy atom. The average molecular weight is 698 g/mol. The number of rotatable bonds is 11. The summed E-state index contributed by atoms with van der Waals surface area (Å²) in [5.41, 5.74) is 2.43. The molecule has 1 aromatic heterocycles. The summed E-state index contributed by atoms with van der Waals surface area (Å²) >= 11 is 13.6. The molecule has 9 nitrogen and oxygen atoms in total. The van der Waals surface area contributed by atoms with Crippen molar-refractivity contribution in [1.29, 1.82) is 0 Å². The lowest BCUT2D eigenvalue weighted by molar-refractivity contribution is -0.291. The molecule has 3 atom stereocenters. The summed E-state index contributed by atoms with van der Waals surface area (Å²) in [6.07, 6.45) is 7.29. The number of ketones is 1. The Bertz CT molecular complexity index is 1670. The van der Waals surface area contributed by atoms with Crippen molar-refractivity contribution in [3.05, 3.63) is 63.8 Å². The van der Waals surface area contributed by atoms with Crippen LogP contribution in [0.5, 0.6) is 0 Å². The Hall–Kier alpha value is -2.95. The van der Waals surface area contributed by atoms with Gasteiger partial charge in [0.25, 0.3) is 5.91 Å². The highest BCUT2D eigenvalue weighted by Gasteiger charge is 2.58. The highest BCUT2D eigenvalue weighted by molar-refractivity contribution is 6.36. The third-order valence-corrected chi connectivity index (χ3v) is 11.0. The number of nitrogens with one attached hydrogen (secondary N) is 1. The molecule has 0 spiro atoms. The molecule has 0 radical (unpaired) electrons. The van der Waals surface area contributed by atoms with E-state index in [9.17, 15) is 14.4 Å². The van der Waals surface area contributed by atoms with Gasteiger partial charge in [-0.25, -0.2) is 0 Å². The summed E-state index contributed by atoms with van der Waals surface area (Å²) < 4.78 is 14.3. The van der Waals surface area contributed by atoms with E-state index in [1.165, 1.54) is 0 Å². The number of likely N-dealkylation sites (tertiary alicyclic amines) is 2. The molecule has 11 heteroatoms. The van der Waals surface area contributed by atoms with E-state index in [1.807, 2.05) is 42.8 Å². The number of benzene rings is 2. The fourth-order valence-electron chi connectivity index (χ4n) is 8.05. The number of halogens is 2. The first-order valence-corrected chi connectivity index (χ1v) is 18.0. The van der Waals surface area contributed by atoms with Crippen LogP contribution < -0.4 is 5.32 Å². The number of esters is 1. The minimum Gasteiger partial charge on any atom is -0.466 e. The molecule has 3 aromatic rings. The van der Waals surface area contributed by atoms with Gasteiger partial charge in [-0.05, 0) is 89.5 Å². The van der Waals surface area contributed by atoms with Gasteiger partial charge in [-0.3, -0.25) is 24.2 Å². The first-order valence-electron chi connectivity index (χ1n) is 17.3. The second kappa shape index (κ2) is 14.5. The second-order valence-corrected chi connectivity index (χ2v) is 14.4. The zero-order valence-corrected chi connectivity index (χ0v) is 29.8. The molecule has 3 aliphatic rings. The van der Waals surface area contributed by atoms with Gasteiger partial charge in [0.05, 0.1) is 34.9 Å². The predicted molar refractivity (Wildman–Crippen MR) is 188 cm³/mol. The van der Waals surface area contributed by atoms with Gasteiger partial charge < -0.3 is 19.4 Å². The molecule has 6 rings (SSSR count). The summed E-state index contributed by atoms with van der Waals surface area (Å²) in [4.78, 5) is 45.1. The van der Waals surface area contributed by atoms with Gasteiger partial charge in [-0.2, -0.15) is 0 Å². The van der Waals surface area contributed by atoms with Gasteiger partial charge in [0.15, 0.2) is 5.78 Å². The zero-order valence-electron chi connectivity index (χ0n) is 28.3. The SMILES string of the molecule is CCOC(=O)C1CCC(OC(C(=O)Cc2cc(Cl)c(NC(=O)c3cn(C)c4ccccc34)cc2Cl)(N2CCCC2)N2[C@H](C)C[C@H]2C)CC1. The van der Waals surface area contributed by atoms with E-state index >= 15 is 0 Å². The third-order valence-electron chi connectivity index (χ3n) is 10.4. The number of Topliss-reactive ketones (excluding diaryl/α,β-unsaturated/α-hetero) is 1. The Morgan fingerprint density at radius 2 is 1.67 bits per heavy atom. The van der Waals surface area contributed by atoms with Gasteiger partial charge in [-0.1, -0.05) is 41.4 Å². The molecule has 1 saturated carbocycles. The van der Waals surface area contributed by atoms with Crippen LogP contribution in [0.25, 0.3) is 10.9 Å². The van der Waals surface area contributed by atoms with Crippen molar-refractivity contribution in [2.75, 3.05) is 25.0 Å². The van der Waals surface area contributed by atoms with Crippen molar-refractivity contribution in [2.45, 2.75) is 96.2 Å². The van der Waals surface area contributed by atoms with E-state index in [2.05, 4.69) is 29.0 Å². The van der Waals surface area contributed by atoms with Crippen LogP contribution in [-0.2, 0) is 32.5 Å². The molecule has 2 saturated heterocycles. The third kappa shape index (κ3) is 6.64. The standard InChI is InChI=1S/C37H46Cl2N4O5/c1-5-47-36(46)25-12-14-27(15-13-25)48-37(42-16-8-9-17-42,43-23(2)18-24(43)3)34(44)20-26-19-31(39)32(21-30(26)38)40-35(45)29-22-41(4)33-11-7-6-10-28(29)33/h6-7,10-11,19,21-25,27H,5,8-9,12-18,20H2,1-4H3,(H,40,45)/t23-,24-,25?,27?,37?/m1/s1. The summed E-state index contributed by atoms with van der Waals surface area (Å²) in [6, 6.07) is 11.3. The van der Waals surface area contributed by atoms with Gasteiger partial charge in [0, 0.05) is 60.8 Å². The Kier molecular flexibility index (Phi) is 10.5. The van der Waals surface area contributed by atoms with E-state index in [4.69, 9.17) is 32.7 Å². The normalized spacial score (nSPS) is 24.6. The molecule has 48 heavy (non-hydrogen) atoms. The van der Waals surface area contributed by atoms with E-state index in [1.54, 1.807) is 18.3 Å². The number of aryl methyl sites for hydroxylation is 1. The molecule has 1 aliphatic carbocycles. The van der Waals surface area contributed by atoms with Crippen LogP contribution in [-0.4, -0.2) is 75.8 Å². The summed E-state index contributed by atoms with van der Waals surface area (Å²) in [5.74, 6) is -1.92. The van der Waals surface area contributed by atoms with Crippen molar-refractivity contribution < 1.29 is 23.9 Å². The minimum absolute atomic E-state index is 0.0146. The Balaban J connectivity index is 1.26. The maximum absolute atomic E-state index is 14.9. The Morgan fingerprint density at radius 3 is 2.33 bits per heavy atom. The fourth-order valence-corrected chi connectivity index (χ4v) is 8.51. The van der Waals surface area contributed by atoms with Gasteiger partial charge in [0.1, 0.15) is 0 Å². The number of amides is 1. The van der Waals surface area contributed by atoms with E-state index in [0.29, 0.717) is 59.1 Å². The van der Waals surface area contributed by atoms with Crippen molar-refractivity contribution in [3.8, 4) is 0 Å². The first-order chi connectivity index (χ1) is 23.0. The van der Waals surface area contributed by atoms with Gasteiger partial charge in [-0.15, -0.1) is 0 Å². The number of hydrogen-bond acceptors (Lipinski definition) is 7. The van der Waals surface area contributed by atoms with Crippen LogP contribution in [0.15, 0.2) is 42.6 Å². The van der Waals surface area contributed by atoms with Crippen LogP contribution in [0.4, 0.5) is 5.69 Å². The fraction of sp³-hybridized carbons (Fsp3) is 0.541. The lowest BCUT2D eigenvalue weighted by atomic mass is 9.86. The number of hydrogen-bond donors (Lipinski definition) is 1. The van der Waals surface area contributed by atoms with E-state index in [-0.39, 0.29) is 48.2 Å². The van der Waals surface area contributed by atoms with Crippen LogP contribution in [0, 0.1) is 5.92 Å². The molecular formula is C37H46Cl2N4O5. The average Bonchev–Trinajstić information content (AvgIpc) is 3.72. The molecular weight excluding hydrogens is 651 g/mol. The van der Waals surface area contributed by atoms with Gasteiger partial charge >= 0.3 is 5.97 Å². The Labute approximate surface area is 292 Å². The number of fused-ring (bicyclic) bond motifs is 1. The van der Waals surface area contributed by atoms with E-state index in [0.717, 1.165) is 43.3 Å². The molecule has 2 aliphatic heterocycles. The molecule has 3 fully saturated rings. The monoisotopic (exact) mass is 696 g/mol. The van der Waals surface area contributed by atoms with Crippen molar-refractivity contribution in [2.24, 2.45) is 13.0 Å². The maximum atomic E-state index is 14.9. The van der Waals surface area contributed by atoms with Crippen LogP contribution in [0.2, 0.25) is 10.0 Å². The molecule has 1 unspecified atom stereocenters.